The molecule has 0 spiro atoms. The number of nitrogens with zero attached hydrogens (tertiary/aromatic N) is 1. The number of nitrogens with one attached hydrogen (secondary N) is 1. The first-order valence-electron chi connectivity index (χ1n) is 7.27. The molecule has 1 heterocycles. The number of aromatic nitrogens is 1. The van der Waals surface area contributed by atoms with E-state index < -0.39 is 0 Å². The van der Waals surface area contributed by atoms with Gasteiger partial charge in [-0.25, -0.2) is 0 Å². The lowest BCUT2D eigenvalue weighted by atomic mass is 10.1. The minimum absolute atomic E-state index is 0.0203. The zero-order valence-corrected chi connectivity index (χ0v) is 15.1. The average Bonchev–Trinajstić information content (AvgIpc) is 2.83. The largest absolute Gasteiger partial charge is 0.326 e. The van der Waals surface area contributed by atoms with Crippen LogP contribution in [0.25, 0.3) is 10.2 Å². The maximum absolute atomic E-state index is 12.1. The standard InChI is InChI=1S/C17H14Cl2N2O2S/c1-21-14-6-4-11(9-15(14)24-17(21)23)20-16(22)7-3-10-2-5-12(18)13(19)8-10/h2,4-6,8-9H,3,7H2,1H3,(H,20,22). The Balaban J connectivity index is 1.66. The van der Waals surface area contributed by atoms with Crippen LogP contribution in [0.2, 0.25) is 10.0 Å². The van der Waals surface area contributed by atoms with Crippen molar-refractivity contribution < 1.29 is 4.79 Å². The van der Waals surface area contributed by atoms with Crippen LogP contribution in [0.4, 0.5) is 5.69 Å². The fourth-order valence-electron chi connectivity index (χ4n) is 2.39. The molecule has 4 nitrogen and oxygen atoms in total. The lowest BCUT2D eigenvalue weighted by molar-refractivity contribution is -0.116. The van der Waals surface area contributed by atoms with E-state index in [9.17, 15) is 9.59 Å². The second-order valence-corrected chi connectivity index (χ2v) is 7.21. The third kappa shape index (κ3) is 3.64. The molecule has 0 atom stereocenters. The Morgan fingerprint density at radius 3 is 2.71 bits per heavy atom. The molecule has 0 fully saturated rings. The molecule has 24 heavy (non-hydrogen) atoms. The summed E-state index contributed by atoms with van der Waals surface area (Å²) in [5, 5.41) is 3.84. The summed E-state index contributed by atoms with van der Waals surface area (Å²) in [6.45, 7) is 0. The molecule has 124 valence electrons. The van der Waals surface area contributed by atoms with Crippen LogP contribution in [0, 0.1) is 0 Å². The molecule has 0 radical (unpaired) electrons. The highest BCUT2D eigenvalue weighted by Crippen LogP contribution is 2.24. The Bertz CT molecular complexity index is 978. The summed E-state index contributed by atoms with van der Waals surface area (Å²) in [6, 6.07) is 10.8. The molecule has 0 bridgehead atoms. The molecule has 0 unspecified atom stereocenters. The number of halogens is 2. The summed E-state index contributed by atoms with van der Waals surface area (Å²) in [6.07, 6.45) is 0.907. The predicted molar refractivity (Wildman–Crippen MR) is 100 cm³/mol. The second-order valence-electron chi connectivity index (χ2n) is 5.41. The van der Waals surface area contributed by atoms with Crippen molar-refractivity contribution in [2.45, 2.75) is 12.8 Å². The van der Waals surface area contributed by atoms with Gasteiger partial charge in [-0.1, -0.05) is 40.6 Å². The first-order chi connectivity index (χ1) is 11.4. The number of anilines is 1. The summed E-state index contributed by atoms with van der Waals surface area (Å²) >= 11 is 13.0. The molecule has 3 aromatic rings. The van der Waals surface area contributed by atoms with E-state index in [2.05, 4.69) is 5.32 Å². The smallest absolute Gasteiger partial charge is 0.307 e. The predicted octanol–water partition coefficient (Wildman–Crippen LogP) is 4.48. The number of hydrogen-bond acceptors (Lipinski definition) is 3. The number of thiazole rings is 1. The Morgan fingerprint density at radius 1 is 1.17 bits per heavy atom. The Morgan fingerprint density at radius 2 is 1.96 bits per heavy atom. The fourth-order valence-corrected chi connectivity index (χ4v) is 3.63. The number of aryl methyl sites for hydroxylation is 2. The Hall–Kier alpha value is -1.82. The van der Waals surface area contributed by atoms with Crippen molar-refractivity contribution in [3.63, 3.8) is 0 Å². The first-order valence-corrected chi connectivity index (χ1v) is 8.84. The van der Waals surface area contributed by atoms with Crippen molar-refractivity contribution >= 4 is 56.3 Å². The fraction of sp³-hybridized carbons (Fsp3) is 0.176. The van der Waals surface area contributed by atoms with Crippen LogP contribution in [0.1, 0.15) is 12.0 Å². The van der Waals surface area contributed by atoms with E-state index in [1.165, 1.54) is 0 Å². The molecule has 0 aliphatic heterocycles. The maximum Gasteiger partial charge on any atom is 0.307 e. The Labute approximate surface area is 152 Å². The lowest BCUT2D eigenvalue weighted by Gasteiger charge is -2.06. The number of hydrogen-bond donors (Lipinski definition) is 1. The van der Waals surface area contributed by atoms with Gasteiger partial charge in [0, 0.05) is 19.2 Å². The molecular weight excluding hydrogens is 367 g/mol. The third-order valence-electron chi connectivity index (χ3n) is 3.70. The lowest BCUT2D eigenvalue weighted by Crippen LogP contribution is -2.12. The minimum Gasteiger partial charge on any atom is -0.326 e. The molecule has 0 aliphatic carbocycles. The molecule has 3 rings (SSSR count). The molecule has 0 saturated carbocycles. The maximum atomic E-state index is 12.1. The highest BCUT2D eigenvalue weighted by Gasteiger charge is 2.08. The monoisotopic (exact) mass is 380 g/mol. The molecular formula is C17H14Cl2N2O2S. The van der Waals surface area contributed by atoms with Gasteiger partial charge in [-0.15, -0.1) is 0 Å². The van der Waals surface area contributed by atoms with E-state index >= 15 is 0 Å². The van der Waals surface area contributed by atoms with Crippen LogP contribution < -0.4 is 10.2 Å². The average molecular weight is 381 g/mol. The van der Waals surface area contributed by atoms with Crippen LogP contribution >= 0.6 is 34.5 Å². The van der Waals surface area contributed by atoms with Crippen molar-refractivity contribution in [1.29, 1.82) is 0 Å². The van der Waals surface area contributed by atoms with E-state index in [0.29, 0.717) is 28.6 Å². The molecule has 7 heteroatoms. The number of amides is 1. The number of rotatable bonds is 4. The number of carbonyl (C=O) groups is 1. The van der Waals surface area contributed by atoms with Crippen molar-refractivity contribution in [2.24, 2.45) is 7.05 Å². The topological polar surface area (TPSA) is 51.1 Å². The van der Waals surface area contributed by atoms with Crippen molar-refractivity contribution in [1.82, 2.24) is 4.57 Å². The highest BCUT2D eigenvalue weighted by molar-refractivity contribution is 7.16. The zero-order valence-electron chi connectivity index (χ0n) is 12.8. The minimum atomic E-state index is -0.0938. The van der Waals surface area contributed by atoms with Gasteiger partial charge in [-0.3, -0.25) is 9.59 Å². The number of fused-ring (bicyclic) bond motifs is 1. The summed E-state index contributed by atoms with van der Waals surface area (Å²) in [7, 11) is 1.73. The van der Waals surface area contributed by atoms with Gasteiger partial charge in [-0.05, 0) is 42.3 Å². The van der Waals surface area contributed by atoms with Crippen LogP contribution in [-0.2, 0) is 18.3 Å². The van der Waals surface area contributed by atoms with E-state index in [1.807, 2.05) is 18.2 Å². The van der Waals surface area contributed by atoms with Crippen molar-refractivity contribution in [3.8, 4) is 0 Å². The first kappa shape index (κ1) is 17.0. The molecule has 0 saturated heterocycles. The van der Waals surface area contributed by atoms with E-state index in [0.717, 1.165) is 27.1 Å². The van der Waals surface area contributed by atoms with Crippen LogP contribution in [0.5, 0.6) is 0 Å². The van der Waals surface area contributed by atoms with Gasteiger partial charge < -0.3 is 9.88 Å². The van der Waals surface area contributed by atoms with Crippen LogP contribution in [-0.4, -0.2) is 10.5 Å². The summed E-state index contributed by atoms with van der Waals surface area (Å²) in [5.41, 5.74) is 2.50. The Kier molecular flexibility index (Phi) is 4.94. The van der Waals surface area contributed by atoms with Crippen LogP contribution in [0.15, 0.2) is 41.2 Å². The summed E-state index contributed by atoms with van der Waals surface area (Å²) in [4.78, 5) is 23.7. The number of benzene rings is 2. The normalized spacial score (nSPS) is 11.0. The molecule has 1 aromatic heterocycles. The molecule has 2 aromatic carbocycles. The van der Waals surface area contributed by atoms with E-state index in [4.69, 9.17) is 23.2 Å². The summed E-state index contributed by atoms with van der Waals surface area (Å²) in [5.74, 6) is -0.0938. The van der Waals surface area contributed by atoms with Gasteiger partial charge in [0.2, 0.25) is 5.91 Å². The molecule has 0 aliphatic rings. The highest BCUT2D eigenvalue weighted by atomic mass is 35.5. The van der Waals surface area contributed by atoms with Gasteiger partial charge in [0.25, 0.3) is 0 Å². The van der Waals surface area contributed by atoms with Gasteiger partial charge in [-0.2, -0.15) is 0 Å². The van der Waals surface area contributed by atoms with Crippen molar-refractivity contribution in [3.05, 3.63) is 61.7 Å². The van der Waals surface area contributed by atoms with E-state index in [-0.39, 0.29) is 10.8 Å². The van der Waals surface area contributed by atoms with Gasteiger partial charge in [0.05, 0.1) is 20.3 Å². The molecule has 1 amide bonds. The zero-order chi connectivity index (χ0) is 17.3. The van der Waals surface area contributed by atoms with E-state index in [1.54, 1.807) is 29.8 Å². The van der Waals surface area contributed by atoms with Gasteiger partial charge in [0.15, 0.2) is 0 Å². The SMILES string of the molecule is Cn1c(=O)sc2cc(NC(=O)CCc3ccc(Cl)c(Cl)c3)ccc21. The third-order valence-corrected chi connectivity index (χ3v) is 5.44. The van der Waals surface area contributed by atoms with Crippen LogP contribution in [0.3, 0.4) is 0 Å². The quantitative estimate of drug-likeness (QED) is 0.725. The van der Waals surface area contributed by atoms with Gasteiger partial charge in [0.1, 0.15) is 0 Å². The number of carbonyl (C=O) groups excluding carboxylic acids is 1. The summed E-state index contributed by atoms with van der Waals surface area (Å²) < 4.78 is 2.44. The van der Waals surface area contributed by atoms with Crippen molar-refractivity contribution in [2.75, 3.05) is 5.32 Å². The second kappa shape index (κ2) is 6.97. The molecule has 1 N–H and O–H groups in total. The van der Waals surface area contributed by atoms with Gasteiger partial charge >= 0.3 is 4.87 Å².